The van der Waals surface area contributed by atoms with Gasteiger partial charge in [0.1, 0.15) is 11.2 Å². The Morgan fingerprint density at radius 3 is 2.47 bits per heavy atom. The number of amides is 1. The Balaban J connectivity index is 1.41. The number of benzene rings is 2. The number of carbonyl (C=O) groups is 1. The number of aromatic nitrogens is 3. The predicted octanol–water partition coefficient (Wildman–Crippen LogP) is 2.92. The molecule has 1 amide bonds. The molecule has 0 bridgehead atoms. The maximum absolute atomic E-state index is 13.9. The minimum Gasteiger partial charge on any atom is -0.382 e. The Kier molecular flexibility index (Phi) is 7.52. The third-order valence-corrected chi connectivity index (χ3v) is 10.0. The summed E-state index contributed by atoms with van der Waals surface area (Å²) in [4.78, 5) is 37.3. The Morgan fingerprint density at radius 1 is 1.05 bits per heavy atom. The van der Waals surface area contributed by atoms with Crippen molar-refractivity contribution < 1.29 is 13.2 Å². The second-order valence-corrected chi connectivity index (χ2v) is 13.2. The van der Waals surface area contributed by atoms with Crippen LogP contribution in [0.3, 0.4) is 0 Å². The number of para-hydroxylation sites is 1. The van der Waals surface area contributed by atoms with Crippen LogP contribution >= 0.6 is 0 Å². The Morgan fingerprint density at radius 2 is 1.74 bits per heavy atom. The summed E-state index contributed by atoms with van der Waals surface area (Å²) in [5.74, 6) is -0.351. The van der Waals surface area contributed by atoms with Crippen molar-refractivity contribution in [3.8, 4) is 0 Å². The van der Waals surface area contributed by atoms with Crippen molar-refractivity contribution in [3.63, 3.8) is 0 Å². The monoisotopic (exact) mass is 602 g/mol. The van der Waals surface area contributed by atoms with Gasteiger partial charge in [-0.3, -0.25) is 18.5 Å². The summed E-state index contributed by atoms with van der Waals surface area (Å²) in [5.41, 5.74) is 2.27. The number of pyridine rings is 1. The van der Waals surface area contributed by atoms with Crippen molar-refractivity contribution in [1.82, 2.24) is 24.8 Å². The SMILES string of the molecule is CN(C)C(=O)c1cc2cnc(Nc3ccc(NC4CCNCC4)cc3)nc2n(C2Cc3ccccc3N(C)S2(=O)=O)c1=O. The molecule has 2 aromatic heterocycles. The molecule has 0 radical (unpaired) electrons. The number of hydrogen-bond acceptors (Lipinski definition) is 9. The molecule has 0 aliphatic carbocycles. The van der Waals surface area contributed by atoms with Crippen molar-refractivity contribution in [3.05, 3.63) is 82.3 Å². The van der Waals surface area contributed by atoms with Crippen molar-refractivity contribution >= 4 is 50.0 Å². The van der Waals surface area contributed by atoms with E-state index in [1.165, 1.54) is 42.6 Å². The van der Waals surface area contributed by atoms with Crippen LogP contribution < -0.4 is 25.8 Å². The first-order valence-corrected chi connectivity index (χ1v) is 15.7. The van der Waals surface area contributed by atoms with Crippen LogP contribution in [0.2, 0.25) is 0 Å². The lowest BCUT2D eigenvalue weighted by atomic mass is 10.1. The van der Waals surface area contributed by atoms with Gasteiger partial charge < -0.3 is 20.9 Å². The van der Waals surface area contributed by atoms with Gasteiger partial charge >= 0.3 is 0 Å². The third-order valence-electron chi connectivity index (χ3n) is 8.00. The van der Waals surface area contributed by atoms with Gasteiger partial charge in [-0.2, -0.15) is 4.98 Å². The third kappa shape index (κ3) is 5.41. The molecule has 3 N–H and O–H groups in total. The molecule has 43 heavy (non-hydrogen) atoms. The van der Waals surface area contributed by atoms with E-state index in [9.17, 15) is 18.0 Å². The molecule has 2 aliphatic heterocycles. The van der Waals surface area contributed by atoms with Crippen LogP contribution in [0.4, 0.5) is 23.0 Å². The van der Waals surface area contributed by atoms with E-state index in [1.807, 2.05) is 36.4 Å². The predicted molar refractivity (Wildman–Crippen MR) is 168 cm³/mol. The number of nitrogens with one attached hydrogen (secondary N) is 3. The molecule has 1 saturated heterocycles. The molecule has 2 aliphatic rings. The van der Waals surface area contributed by atoms with E-state index in [4.69, 9.17) is 0 Å². The first-order valence-electron chi connectivity index (χ1n) is 14.2. The lowest BCUT2D eigenvalue weighted by Gasteiger charge is -2.34. The number of fused-ring (bicyclic) bond motifs is 2. The molecule has 13 heteroatoms. The second kappa shape index (κ2) is 11.3. The summed E-state index contributed by atoms with van der Waals surface area (Å²) in [6.07, 6.45) is 3.65. The van der Waals surface area contributed by atoms with Crippen molar-refractivity contribution in [2.45, 2.75) is 30.7 Å². The highest BCUT2D eigenvalue weighted by Crippen LogP contribution is 2.37. The smallest absolute Gasteiger partial charge is 0.266 e. The number of hydrogen-bond donors (Lipinski definition) is 3. The summed E-state index contributed by atoms with van der Waals surface area (Å²) in [5, 5.41) is 9.14. The average molecular weight is 603 g/mol. The van der Waals surface area contributed by atoms with E-state index >= 15 is 0 Å². The van der Waals surface area contributed by atoms with Crippen LogP contribution in [0.1, 0.15) is 34.1 Å². The summed E-state index contributed by atoms with van der Waals surface area (Å²) < 4.78 is 30.0. The fraction of sp³-hybridized carbons (Fsp3) is 0.333. The van der Waals surface area contributed by atoms with Crippen LogP contribution in [0, 0.1) is 0 Å². The second-order valence-electron chi connectivity index (χ2n) is 11.1. The fourth-order valence-electron chi connectivity index (χ4n) is 5.65. The minimum absolute atomic E-state index is 0.0374. The van der Waals surface area contributed by atoms with Crippen molar-refractivity contribution in [1.29, 1.82) is 0 Å². The van der Waals surface area contributed by atoms with Crippen molar-refractivity contribution in [2.24, 2.45) is 0 Å². The van der Waals surface area contributed by atoms with E-state index < -0.39 is 26.9 Å². The quantitative estimate of drug-likeness (QED) is 0.304. The van der Waals surface area contributed by atoms with Gasteiger partial charge in [-0.05, 0) is 67.9 Å². The Bertz CT molecular complexity index is 1850. The molecule has 4 aromatic rings. The lowest BCUT2D eigenvalue weighted by molar-refractivity contribution is 0.0825. The van der Waals surface area contributed by atoms with Gasteiger partial charge in [0.05, 0.1) is 5.69 Å². The van der Waals surface area contributed by atoms with Crippen LogP contribution in [0.25, 0.3) is 11.0 Å². The number of carbonyl (C=O) groups excluding carboxylic acids is 1. The number of piperidine rings is 1. The van der Waals surface area contributed by atoms with E-state index in [2.05, 4.69) is 25.9 Å². The average Bonchev–Trinajstić information content (AvgIpc) is 3.00. The molecule has 4 heterocycles. The van der Waals surface area contributed by atoms with Gasteiger partial charge in [0.15, 0.2) is 5.37 Å². The maximum Gasteiger partial charge on any atom is 0.266 e. The summed E-state index contributed by atoms with van der Waals surface area (Å²) in [7, 11) is 0.484. The van der Waals surface area contributed by atoms with Crippen LogP contribution in [-0.4, -0.2) is 74.0 Å². The normalized spacial score (nSPS) is 18.2. The summed E-state index contributed by atoms with van der Waals surface area (Å²) in [6.45, 7) is 1.99. The Hall–Kier alpha value is -4.49. The minimum atomic E-state index is -4.05. The molecular weight excluding hydrogens is 568 g/mol. The topological polar surface area (TPSA) is 142 Å². The molecule has 0 saturated carbocycles. The lowest BCUT2D eigenvalue weighted by Crippen LogP contribution is -2.44. The van der Waals surface area contributed by atoms with Crippen LogP contribution in [0.15, 0.2) is 65.6 Å². The van der Waals surface area contributed by atoms with Gasteiger partial charge in [-0.15, -0.1) is 0 Å². The van der Waals surface area contributed by atoms with Gasteiger partial charge in [-0.1, -0.05) is 18.2 Å². The molecule has 1 unspecified atom stereocenters. The van der Waals surface area contributed by atoms with E-state index in [0.29, 0.717) is 17.1 Å². The number of rotatable bonds is 6. The molecular formula is C30H34N8O4S. The summed E-state index contributed by atoms with van der Waals surface area (Å²) >= 11 is 0. The highest BCUT2D eigenvalue weighted by molar-refractivity contribution is 7.92. The zero-order valence-electron chi connectivity index (χ0n) is 24.2. The summed E-state index contributed by atoms with van der Waals surface area (Å²) in [6, 6.07) is 16.8. The molecule has 1 atom stereocenters. The van der Waals surface area contributed by atoms with E-state index in [-0.39, 0.29) is 23.6 Å². The first kappa shape index (κ1) is 28.6. The molecule has 6 rings (SSSR count). The molecule has 2 aromatic carbocycles. The van der Waals surface area contributed by atoms with Gasteiger partial charge in [0.25, 0.3) is 21.5 Å². The standard InChI is InChI=1S/C30H34N8O4S/c1-36(2)28(39)24-16-20-18-32-30(34-22-10-8-21(9-11-22)33-23-12-14-31-15-13-23)35-27(20)38(29(24)40)26-17-19-6-4-5-7-25(19)37(3)43(26,41)42/h4-11,16,18,23,26,31,33H,12-15,17H2,1-3H3,(H,32,34,35). The Labute approximate surface area is 249 Å². The molecule has 1 fully saturated rings. The van der Waals surface area contributed by atoms with Crippen LogP contribution in [-0.2, 0) is 16.4 Å². The first-order chi connectivity index (χ1) is 20.6. The largest absolute Gasteiger partial charge is 0.382 e. The van der Waals surface area contributed by atoms with Crippen molar-refractivity contribution in [2.75, 3.05) is 49.2 Å². The van der Waals surface area contributed by atoms with E-state index in [1.54, 1.807) is 12.1 Å². The van der Waals surface area contributed by atoms with E-state index in [0.717, 1.165) is 47.4 Å². The van der Waals surface area contributed by atoms with Gasteiger partial charge in [-0.25, -0.2) is 13.4 Å². The zero-order chi connectivity index (χ0) is 30.3. The fourth-order valence-corrected chi connectivity index (χ4v) is 7.32. The maximum atomic E-state index is 13.9. The van der Waals surface area contributed by atoms with Gasteiger partial charge in [0, 0.05) is 56.6 Å². The highest BCUT2D eigenvalue weighted by atomic mass is 32.2. The molecule has 12 nitrogen and oxygen atoms in total. The zero-order valence-corrected chi connectivity index (χ0v) is 25.1. The van der Waals surface area contributed by atoms with Crippen LogP contribution in [0.5, 0.6) is 0 Å². The number of sulfonamides is 1. The van der Waals surface area contributed by atoms with Gasteiger partial charge in [0.2, 0.25) is 5.95 Å². The highest BCUT2D eigenvalue weighted by Gasteiger charge is 2.40. The molecule has 0 spiro atoms. The number of anilines is 4. The molecule has 224 valence electrons. The number of nitrogens with zero attached hydrogens (tertiary/aromatic N) is 5.